The number of rotatable bonds is 4. The first kappa shape index (κ1) is 9.23. The third-order valence-electron chi connectivity index (χ3n) is 1.91. The van der Waals surface area contributed by atoms with Crippen LogP contribution in [-0.4, -0.2) is 18.6 Å². The molecule has 0 atom stereocenters. The van der Waals surface area contributed by atoms with Crippen molar-refractivity contribution in [2.24, 2.45) is 0 Å². The van der Waals surface area contributed by atoms with Gasteiger partial charge in [-0.15, -0.1) is 0 Å². The fourth-order valence-electron chi connectivity index (χ4n) is 1.15. The second-order valence-electron chi connectivity index (χ2n) is 2.72. The second-order valence-corrected chi connectivity index (χ2v) is 2.72. The Morgan fingerprint density at radius 3 is 2.42 bits per heavy atom. The van der Waals surface area contributed by atoms with Gasteiger partial charge in [-0.2, -0.15) is 0 Å². The molecule has 1 N–H and O–H groups in total. The molecule has 0 unspecified atom stereocenters. The van der Waals surface area contributed by atoms with Crippen LogP contribution in [0.3, 0.4) is 0 Å². The lowest BCUT2D eigenvalue weighted by Crippen LogP contribution is -2.33. The van der Waals surface area contributed by atoms with Crippen molar-refractivity contribution >= 4 is 0 Å². The number of nitrogens with one attached hydrogen (secondary N) is 1. The zero-order valence-corrected chi connectivity index (χ0v) is 7.75. The summed E-state index contributed by atoms with van der Waals surface area (Å²) in [6.07, 6.45) is 0. The summed E-state index contributed by atoms with van der Waals surface area (Å²) in [7, 11) is 1.95. The van der Waals surface area contributed by atoms with Crippen molar-refractivity contribution in [3.8, 4) is 0 Å². The van der Waals surface area contributed by atoms with Crippen LogP contribution in [-0.2, 0) is 6.54 Å². The summed E-state index contributed by atoms with van der Waals surface area (Å²) in [6.45, 7) is 4.12. The summed E-state index contributed by atoms with van der Waals surface area (Å²) in [4.78, 5) is 0. The molecule has 1 aromatic carbocycles. The highest BCUT2D eigenvalue weighted by molar-refractivity contribution is 5.14. The SMILES string of the molecule is CCN(Cc1ccccc1)NC. The average molecular weight is 164 g/mol. The maximum absolute atomic E-state index is 3.13. The maximum Gasteiger partial charge on any atom is 0.0381 e. The molecule has 0 saturated heterocycles. The molecule has 2 nitrogen and oxygen atoms in total. The van der Waals surface area contributed by atoms with Gasteiger partial charge in [-0.05, 0) is 12.6 Å². The predicted octanol–water partition coefficient (Wildman–Crippen LogP) is 1.64. The van der Waals surface area contributed by atoms with Gasteiger partial charge in [0.15, 0.2) is 0 Å². The Hall–Kier alpha value is -0.860. The van der Waals surface area contributed by atoms with Gasteiger partial charge in [0.05, 0.1) is 0 Å². The summed E-state index contributed by atoms with van der Waals surface area (Å²) in [6, 6.07) is 10.5. The summed E-state index contributed by atoms with van der Waals surface area (Å²) < 4.78 is 0. The first-order valence-corrected chi connectivity index (χ1v) is 4.33. The van der Waals surface area contributed by atoms with E-state index in [-0.39, 0.29) is 0 Å². The average Bonchev–Trinajstić information content (AvgIpc) is 2.16. The molecule has 66 valence electrons. The van der Waals surface area contributed by atoms with E-state index in [4.69, 9.17) is 0 Å². The standard InChI is InChI=1S/C10H16N2/c1-3-12(11-2)9-10-7-5-4-6-8-10/h4-8,11H,3,9H2,1-2H3. The quantitative estimate of drug-likeness (QED) is 0.681. The van der Waals surface area contributed by atoms with Crippen molar-refractivity contribution < 1.29 is 0 Å². The second kappa shape index (κ2) is 4.91. The molecule has 2 heteroatoms. The molecule has 0 aromatic heterocycles. The Morgan fingerprint density at radius 1 is 1.25 bits per heavy atom. The summed E-state index contributed by atoms with van der Waals surface area (Å²) in [5.74, 6) is 0. The third kappa shape index (κ3) is 2.64. The van der Waals surface area contributed by atoms with Gasteiger partial charge in [-0.3, -0.25) is 5.43 Å². The van der Waals surface area contributed by atoms with Gasteiger partial charge < -0.3 is 0 Å². The largest absolute Gasteiger partial charge is 0.258 e. The Balaban J connectivity index is 2.51. The van der Waals surface area contributed by atoms with Crippen LogP contribution in [0.4, 0.5) is 0 Å². The van der Waals surface area contributed by atoms with Crippen molar-refractivity contribution in [2.75, 3.05) is 13.6 Å². The summed E-state index contributed by atoms with van der Waals surface area (Å²) >= 11 is 0. The van der Waals surface area contributed by atoms with Crippen LogP contribution >= 0.6 is 0 Å². The van der Waals surface area contributed by atoms with Crippen LogP contribution in [0.1, 0.15) is 12.5 Å². The molecule has 0 bridgehead atoms. The van der Waals surface area contributed by atoms with Crippen LogP contribution in [0, 0.1) is 0 Å². The number of hydrogen-bond acceptors (Lipinski definition) is 2. The monoisotopic (exact) mass is 164 g/mol. The molecular weight excluding hydrogens is 148 g/mol. The highest BCUT2D eigenvalue weighted by Crippen LogP contribution is 2.01. The molecule has 0 saturated carbocycles. The molecule has 0 aliphatic carbocycles. The van der Waals surface area contributed by atoms with Gasteiger partial charge >= 0.3 is 0 Å². The van der Waals surface area contributed by atoms with Crippen molar-refractivity contribution in [1.82, 2.24) is 10.4 Å². The van der Waals surface area contributed by atoms with Gasteiger partial charge in [-0.1, -0.05) is 37.3 Å². The summed E-state index contributed by atoms with van der Waals surface area (Å²) in [5.41, 5.74) is 4.47. The molecule has 12 heavy (non-hydrogen) atoms. The zero-order chi connectivity index (χ0) is 8.81. The lowest BCUT2D eigenvalue weighted by Gasteiger charge is -2.18. The summed E-state index contributed by atoms with van der Waals surface area (Å²) in [5, 5.41) is 2.16. The Kier molecular flexibility index (Phi) is 3.77. The Bertz CT molecular complexity index is 204. The van der Waals surface area contributed by atoms with E-state index >= 15 is 0 Å². The van der Waals surface area contributed by atoms with E-state index < -0.39 is 0 Å². The minimum Gasteiger partial charge on any atom is -0.258 e. The molecule has 0 radical (unpaired) electrons. The number of hydrazine groups is 1. The molecule has 0 fully saturated rings. The molecule has 0 amide bonds. The van der Waals surface area contributed by atoms with Crippen molar-refractivity contribution in [3.05, 3.63) is 35.9 Å². The number of benzene rings is 1. The molecule has 0 heterocycles. The van der Waals surface area contributed by atoms with Gasteiger partial charge in [0.1, 0.15) is 0 Å². The van der Waals surface area contributed by atoms with Crippen molar-refractivity contribution in [1.29, 1.82) is 0 Å². The molecule has 0 spiro atoms. The molecule has 1 rings (SSSR count). The fraction of sp³-hybridized carbons (Fsp3) is 0.400. The minimum absolute atomic E-state index is 0.966. The van der Waals surface area contributed by atoms with E-state index in [0.29, 0.717) is 0 Å². The molecule has 1 aromatic rings. The lowest BCUT2D eigenvalue weighted by molar-refractivity contribution is 0.210. The van der Waals surface area contributed by atoms with Crippen molar-refractivity contribution in [3.63, 3.8) is 0 Å². The number of nitrogens with zero attached hydrogens (tertiary/aromatic N) is 1. The van der Waals surface area contributed by atoms with Crippen LogP contribution in [0.15, 0.2) is 30.3 Å². The van der Waals surface area contributed by atoms with E-state index in [2.05, 4.69) is 41.6 Å². The maximum atomic E-state index is 3.13. The van der Waals surface area contributed by atoms with Gasteiger partial charge in [-0.25, -0.2) is 5.01 Å². The molecule has 0 aliphatic heterocycles. The minimum atomic E-state index is 0.966. The van der Waals surface area contributed by atoms with Gasteiger partial charge in [0.2, 0.25) is 0 Å². The van der Waals surface area contributed by atoms with E-state index in [1.807, 2.05) is 13.1 Å². The first-order chi connectivity index (χ1) is 5.86. The number of hydrogen-bond donors (Lipinski definition) is 1. The van der Waals surface area contributed by atoms with E-state index in [1.54, 1.807) is 0 Å². The highest BCUT2D eigenvalue weighted by Gasteiger charge is 1.98. The van der Waals surface area contributed by atoms with E-state index in [1.165, 1.54) is 5.56 Å². The van der Waals surface area contributed by atoms with Crippen LogP contribution in [0.5, 0.6) is 0 Å². The van der Waals surface area contributed by atoms with Crippen molar-refractivity contribution in [2.45, 2.75) is 13.5 Å². The van der Waals surface area contributed by atoms with Crippen LogP contribution < -0.4 is 5.43 Å². The third-order valence-corrected chi connectivity index (χ3v) is 1.91. The Labute approximate surface area is 74.2 Å². The topological polar surface area (TPSA) is 15.3 Å². The first-order valence-electron chi connectivity index (χ1n) is 4.33. The lowest BCUT2D eigenvalue weighted by atomic mass is 10.2. The van der Waals surface area contributed by atoms with E-state index in [0.717, 1.165) is 13.1 Å². The van der Waals surface area contributed by atoms with Gasteiger partial charge in [0.25, 0.3) is 0 Å². The predicted molar refractivity (Wildman–Crippen MR) is 51.6 cm³/mol. The fourth-order valence-corrected chi connectivity index (χ4v) is 1.15. The zero-order valence-electron chi connectivity index (χ0n) is 7.75. The smallest absolute Gasteiger partial charge is 0.0381 e. The molecular formula is C10H16N2. The van der Waals surface area contributed by atoms with Gasteiger partial charge in [0, 0.05) is 13.1 Å². The van der Waals surface area contributed by atoms with Crippen LogP contribution in [0.2, 0.25) is 0 Å². The normalized spacial score (nSPS) is 10.6. The van der Waals surface area contributed by atoms with Crippen LogP contribution in [0.25, 0.3) is 0 Å². The Morgan fingerprint density at radius 2 is 1.92 bits per heavy atom. The molecule has 0 aliphatic rings. The highest BCUT2D eigenvalue weighted by atomic mass is 15.5. The van der Waals surface area contributed by atoms with E-state index in [9.17, 15) is 0 Å².